The molecule has 0 fully saturated rings. The molecule has 0 aromatic heterocycles. The first-order valence-electron chi connectivity index (χ1n) is 5.59. The fourth-order valence-corrected chi connectivity index (χ4v) is 1.73. The number of hydrogen-bond donors (Lipinski definition) is 0. The zero-order valence-corrected chi connectivity index (χ0v) is 12.8. The van der Waals surface area contributed by atoms with Crippen molar-refractivity contribution in [1.29, 1.82) is 0 Å². The summed E-state index contributed by atoms with van der Waals surface area (Å²) in [7, 11) is -1.31. The van der Waals surface area contributed by atoms with Crippen LogP contribution in [-0.2, 0) is 28.1 Å². The van der Waals surface area contributed by atoms with Crippen molar-refractivity contribution in [3.05, 3.63) is 60.2 Å². The molecule has 94 valence electrons. The largest absolute Gasteiger partial charge is 2.00 e. The van der Waals surface area contributed by atoms with E-state index in [2.05, 4.69) is 31.8 Å². The van der Waals surface area contributed by atoms with Gasteiger partial charge in [0, 0.05) is 6.61 Å². The second-order valence-electron chi connectivity index (χ2n) is 4.66. The van der Waals surface area contributed by atoms with Gasteiger partial charge in [0.25, 0.3) is 0 Å². The molecule has 2 rings (SSSR count). The van der Waals surface area contributed by atoms with Gasteiger partial charge in [-0.1, -0.05) is 0 Å². The van der Waals surface area contributed by atoms with E-state index in [9.17, 15) is 0 Å². The van der Waals surface area contributed by atoms with Crippen molar-refractivity contribution in [2.75, 3.05) is 0 Å². The molecule has 0 saturated carbocycles. The minimum atomic E-state index is -1.31. The van der Waals surface area contributed by atoms with Crippen molar-refractivity contribution in [3.8, 4) is 0 Å². The molecule has 0 unspecified atom stereocenters. The zero-order valence-electron chi connectivity index (χ0n) is 10.7. The summed E-state index contributed by atoms with van der Waals surface area (Å²) in [6.45, 7) is 7.39. The third kappa shape index (κ3) is 9.13. The molecule has 0 N–H and O–H groups in total. The van der Waals surface area contributed by atoms with Crippen LogP contribution in [0, 0.1) is 0 Å². The Morgan fingerprint density at radius 3 is 1.88 bits per heavy atom. The van der Waals surface area contributed by atoms with Crippen LogP contribution >= 0.6 is 0 Å². The second kappa shape index (κ2) is 8.48. The van der Waals surface area contributed by atoms with E-state index >= 15 is 0 Å². The van der Waals surface area contributed by atoms with Gasteiger partial charge >= 0.3 is 17.1 Å². The van der Waals surface area contributed by atoms with E-state index in [4.69, 9.17) is 4.43 Å². The summed E-state index contributed by atoms with van der Waals surface area (Å²) < 4.78 is 5.71. The zero-order chi connectivity index (χ0) is 11.9. The quantitative estimate of drug-likeness (QED) is 0.608. The second-order valence-corrected chi connectivity index (χ2v) is 9.17. The fraction of sp³-hybridized carbons (Fsp3) is 0.286. The smallest absolute Gasteiger partial charge is 0.425 e. The first kappa shape index (κ1) is 16.4. The van der Waals surface area contributed by atoms with Gasteiger partial charge in [-0.25, -0.2) is 24.3 Å². The molecule has 0 spiro atoms. The van der Waals surface area contributed by atoms with Gasteiger partial charge in [-0.15, -0.1) is 5.56 Å². The molecule has 0 atom stereocenters. The van der Waals surface area contributed by atoms with Crippen LogP contribution < -0.4 is 0 Å². The summed E-state index contributed by atoms with van der Waals surface area (Å²) in [6.07, 6.45) is 0. The summed E-state index contributed by atoms with van der Waals surface area (Å²) >= 11 is 0. The molecule has 3 heteroatoms. The van der Waals surface area contributed by atoms with E-state index in [1.165, 1.54) is 5.56 Å². The molecular formula is C14H20FeOSi. The molecule has 0 aliphatic heterocycles. The van der Waals surface area contributed by atoms with Crippen LogP contribution in [0.1, 0.15) is 5.56 Å². The molecule has 17 heavy (non-hydrogen) atoms. The fourth-order valence-electron chi connectivity index (χ4n) is 1.13. The minimum Gasteiger partial charge on any atom is -0.425 e. The first-order valence-corrected chi connectivity index (χ1v) is 9.00. The van der Waals surface area contributed by atoms with Crippen LogP contribution in [0.15, 0.2) is 54.6 Å². The Labute approximate surface area is 116 Å². The van der Waals surface area contributed by atoms with Crippen molar-refractivity contribution in [1.82, 2.24) is 0 Å². The molecule has 2 aromatic carbocycles. The molecule has 0 aliphatic carbocycles. The van der Waals surface area contributed by atoms with E-state index in [1.54, 1.807) is 0 Å². The molecule has 0 aliphatic rings. The Bertz CT molecular complexity index is 329. The predicted octanol–water partition coefficient (Wildman–Crippen LogP) is 4.16. The van der Waals surface area contributed by atoms with Gasteiger partial charge in [0.05, 0.1) is 0 Å². The maximum atomic E-state index is 5.71. The van der Waals surface area contributed by atoms with Crippen LogP contribution in [-0.4, -0.2) is 8.32 Å². The van der Waals surface area contributed by atoms with Crippen molar-refractivity contribution in [3.63, 3.8) is 0 Å². The van der Waals surface area contributed by atoms with Gasteiger partial charge in [0.1, 0.15) is 0 Å². The molecule has 0 radical (unpaired) electrons. The van der Waals surface area contributed by atoms with Gasteiger partial charge in [0.2, 0.25) is 0 Å². The van der Waals surface area contributed by atoms with Crippen LogP contribution in [0.5, 0.6) is 0 Å². The Kier molecular flexibility index (Phi) is 8.18. The summed E-state index contributed by atoms with van der Waals surface area (Å²) in [5, 5.41) is 0. The molecule has 0 saturated heterocycles. The molecule has 2 aromatic rings. The minimum absolute atomic E-state index is 0. The Morgan fingerprint density at radius 1 is 1.00 bits per heavy atom. The third-order valence-electron chi connectivity index (χ3n) is 1.96. The molecule has 0 bridgehead atoms. The van der Waals surface area contributed by atoms with E-state index in [-0.39, 0.29) is 17.1 Å². The van der Waals surface area contributed by atoms with Crippen molar-refractivity contribution in [2.45, 2.75) is 26.2 Å². The van der Waals surface area contributed by atoms with Crippen LogP contribution in [0.4, 0.5) is 0 Å². The SMILES string of the molecule is C[Si](C)(C)OC[c-]1cccc1.[Fe+2].c1cc[cH-]c1. The van der Waals surface area contributed by atoms with Crippen LogP contribution in [0.2, 0.25) is 19.6 Å². The Hall–Kier alpha value is -0.604. The first-order chi connectivity index (χ1) is 7.58. The number of rotatable bonds is 3. The average molecular weight is 288 g/mol. The average Bonchev–Trinajstić information content (AvgIpc) is 2.90. The van der Waals surface area contributed by atoms with E-state index in [1.807, 2.05) is 42.5 Å². The third-order valence-corrected chi connectivity index (χ3v) is 2.97. The number of hydrogen-bond acceptors (Lipinski definition) is 1. The monoisotopic (exact) mass is 288 g/mol. The molecule has 0 heterocycles. The van der Waals surface area contributed by atoms with Gasteiger partial charge in [-0.2, -0.15) is 30.3 Å². The van der Waals surface area contributed by atoms with E-state index < -0.39 is 8.32 Å². The van der Waals surface area contributed by atoms with Crippen molar-refractivity contribution in [2.24, 2.45) is 0 Å². The molecule has 0 amide bonds. The topological polar surface area (TPSA) is 9.23 Å². The Balaban J connectivity index is 0.000000360. The molecule has 1 nitrogen and oxygen atoms in total. The van der Waals surface area contributed by atoms with Gasteiger partial charge < -0.3 is 4.43 Å². The summed E-state index contributed by atoms with van der Waals surface area (Å²) in [5.74, 6) is 0. The van der Waals surface area contributed by atoms with Gasteiger partial charge in [-0.05, 0) is 19.6 Å². The predicted molar refractivity (Wildman–Crippen MR) is 72.2 cm³/mol. The summed E-state index contributed by atoms with van der Waals surface area (Å²) in [6, 6.07) is 18.3. The van der Waals surface area contributed by atoms with E-state index in [0.29, 0.717) is 0 Å². The van der Waals surface area contributed by atoms with E-state index in [0.717, 1.165) is 6.61 Å². The van der Waals surface area contributed by atoms with Crippen molar-refractivity contribution < 1.29 is 21.5 Å². The standard InChI is InChI=1S/C9H15OSi.C5H5.Fe/c1-11(2,3)10-8-9-6-4-5-7-9;1-2-4-5-3-1;/h4-7H,8H2,1-3H3;1-5H;/q2*-1;+2. The van der Waals surface area contributed by atoms with Crippen LogP contribution in [0.25, 0.3) is 0 Å². The normalized spacial score (nSPS) is 10.1. The van der Waals surface area contributed by atoms with Crippen LogP contribution in [0.3, 0.4) is 0 Å². The van der Waals surface area contributed by atoms with Crippen molar-refractivity contribution >= 4 is 8.32 Å². The maximum Gasteiger partial charge on any atom is 2.00 e. The molecular weight excluding hydrogens is 268 g/mol. The maximum absolute atomic E-state index is 5.71. The summed E-state index contributed by atoms with van der Waals surface area (Å²) in [4.78, 5) is 0. The summed E-state index contributed by atoms with van der Waals surface area (Å²) in [5.41, 5.74) is 1.28. The van der Waals surface area contributed by atoms with Gasteiger partial charge in [0.15, 0.2) is 8.32 Å². The van der Waals surface area contributed by atoms with Gasteiger partial charge in [-0.3, -0.25) is 0 Å². The Morgan fingerprint density at radius 2 is 1.53 bits per heavy atom.